The first-order chi connectivity index (χ1) is 13.3. The molecule has 2 aromatic rings. The second-order valence-electron chi connectivity index (χ2n) is 6.78. The van der Waals surface area contributed by atoms with Gasteiger partial charge in [-0.05, 0) is 43.2 Å². The molecule has 1 aliphatic rings. The van der Waals surface area contributed by atoms with Crippen molar-refractivity contribution in [2.75, 3.05) is 30.3 Å². The Balaban J connectivity index is 1.60. The molecule has 2 aromatic carbocycles. The van der Waals surface area contributed by atoms with E-state index in [-0.39, 0.29) is 19.0 Å². The summed E-state index contributed by atoms with van der Waals surface area (Å²) in [6.07, 6.45) is 0.188. The zero-order valence-corrected chi connectivity index (χ0v) is 17.0. The van der Waals surface area contributed by atoms with E-state index in [0.717, 1.165) is 23.1 Å². The summed E-state index contributed by atoms with van der Waals surface area (Å²) in [6.45, 7) is 4.46. The van der Waals surface area contributed by atoms with E-state index < -0.39 is 16.1 Å². The Labute approximate surface area is 165 Å². The third-order valence-electron chi connectivity index (χ3n) is 4.43. The zero-order valence-electron chi connectivity index (χ0n) is 16.1. The summed E-state index contributed by atoms with van der Waals surface area (Å²) in [7, 11) is -3.53. The van der Waals surface area contributed by atoms with Crippen LogP contribution in [0.25, 0.3) is 0 Å². The molecule has 28 heavy (non-hydrogen) atoms. The van der Waals surface area contributed by atoms with E-state index in [2.05, 4.69) is 5.32 Å². The van der Waals surface area contributed by atoms with Crippen molar-refractivity contribution in [3.05, 3.63) is 53.6 Å². The van der Waals surface area contributed by atoms with Crippen LogP contribution < -0.4 is 19.1 Å². The van der Waals surface area contributed by atoms with Crippen molar-refractivity contribution >= 4 is 21.6 Å². The average Bonchev–Trinajstić information content (AvgIpc) is 2.66. The summed E-state index contributed by atoms with van der Waals surface area (Å²) < 4.78 is 36.9. The number of carbonyl (C=O) groups excluding carboxylic acids is 1. The molecule has 3 rings (SSSR count). The van der Waals surface area contributed by atoms with Crippen LogP contribution in [-0.2, 0) is 14.8 Å². The standard InChI is InChI=1S/C20H24N2O5S/c1-14-8-9-15(2)18(12-14)26-11-10-21-20(23)19-13-22(28(3,24)25)16-6-4-5-7-17(16)27-19/h4-9,12,19H,10-11,13H2,1-3H3,(H,21,23)/t19-/m1/s1. The lowest BCUT2D eigenvalue weighted by Gasteiger charge is -2.33. The maximum Gasteiger partial charge on any atom is 0.263 e. The Hall–Kier alpha value is -2.74. The molecule has 0 bridgehead atoms. The maximum atomic E-state index is 12.5. The number of nitrogens with one attached hydrogen (secondary N) is 1. The smallest absolute Gasteiger partial charge is 0.263 e. The molecule has 7 nitrogen and oxygen atoms in total. The number of hydrogen-bond donors (Lipinski definition) is 1. The van der Waals surface area contributed by atoms with Gasteiger partial charge in [-0.25, -0.2) is 8.42 Å². The van der Waals surface area contributed by atoms with Gasteiger partial charge in [-0.3, -0.25) is 9.10 Å². The van der Waals surface area contributed by atoms with Crippen molar-refractivity contribution in [1.82, 2.24) is 5.32 Å². The number of para-hydroxylation sites is 2. The van der Waals surface area contributed by atoms with Crippen molar-refractivity contribution < 1.29 is 22.7 Å². The fourth-order valence-corrected chi connectivity index (χ4v) is 3.88. The number of aryl methyl sites for hydroxylation is 2. The van der Waals surface area contributed by atoms with E-state index in [1.807, 2.05) is 32.0 Å². The van der Waals surface area contributed by atoms with E-state index in [1.54, 1.807) is 24.3 Å². The molecular weight excluding hydrogens is 380 g/mol. The minimum absolute atomic E-state index is 0.0699. The number of benzene rings is 2. The fourth-order valence-electron chi connectivity index (χ4n) is 2.96. The van der Waals surface area contributed by atoms with Crippen molar-refractivity contribution in [2.24, 2.45) is 0 Å². The van der Waals surface area contributed by atoms with Crippen LogP contribution in [0.15, 0.2) is 42.5 Å². The van der Waals surface area contributed by atoms with Gasteiger partial charge in [0, 0.05) is 0 Å². The van der Waals surface area contributed by atoms with Crippen LogP contribution in [0.3, 0.4) is 0 Å². The fraction of sp³-hybridized carbons (Fsp3) is 0.350. The highest BCUT2D eigenvalue weighted by atomic mass is 32.2. The number of fused-ring (bicyclic) bond motifs is 1. The van der Waals surface area contributed by atoms with E-state index in [9.17, 15) is 13.2 Å². The van der Waals surface area contributed by atoms with Gasteiger partial charge in [-0.15, -0.1) is 0 Å². The predicted molar refractivity (Wildman–Crippen MR) is 107 cm³/mol. The molecular formula is C20H24N2O5S. The Kier molecular flexibility index (Phi) is 5.79. The SMILES string of the molecule is Cc1ccc(C)c(OCCNC(=O)[C@H]2CN(S(C)(=O)=O)c3ccccc3O2)c1. The quantitative estimate of drug-likeness (QED) is 0.745. The van der Waals surface area contributed by atoms with Gasteiger partial charge in [-0.2, -0.15) is 0 Å². The second kappa shape index (κ2) is 8.10. The molecule has 150 valence electrons. The van der Waals surface area contributed by atoms with Crippen LogP contribution in [0, 0.1) is 13.8 Å². The van der Waals surface area contributed by atoms with E-state index in [0.29, 0.717) is 18.0 Å². The Morgan fingerprint density at radius 3 is 2.75 bits per heavy atom. The summed E-state index contributed by atoms with van der Waals surface area (Å²) in [5.74, 6) is 0.763. The highest BCUT2D eigenvalue weighted by molar-refractivity contribution is 7.92. The first kappa shape index (κ1) is 20.0. The Morgan fingerprint density at radius 1 is 1.25 bits per heavy atom. The molecule has 0 fully saturated rings. The number of ether oxygens (including phenoxy) is 2. The molecule has 0 saturated carbocycles. The number of carbonyl (C=O) groups is 1. The maximum absolute atomic E-state index is 12.5. The topological polar surface area (TPSA) is 84.9 Å². The van der Waals surface area contributed by atoms with Gasteiger partial charge < -0.3 is 14.8 Å². The lowest BCUT2D eigenvalue weighted by atomic mass is 10.1. The molecule has 0 spiro atoms. The van der Waals surface area contributed by atoms with Gasteiger partial charge in [0.25, 0.3) is 5.91 Å². The van der Waals surface area contributed by atoms with Crippen LogP contribution in [0.4, 0.5) is 5.69 Å². The normalized spacial score (nSPS) is 16.1. The van der Waals surface area contributed by atoms with Crippen LogP contribution in [-0.4, -0.2) is 46.4 Å². The number of rotatable bonds is 6. The summed E-state index contributed by atoms with van der Waals surface area (Å²) in [5.41, 5.74) is 2.56. The minimum Gasteiger partial charge on any atom is -0.491 e. The highest BCUT2D eigenvalue weighted by Gasteiger charge is 2.34. The molecule has 0 aromatic heterocycles. The summed E-state index contributed by atoms with van der Waals surface area (Å²) >= 11 is 0. The van der Waals surface area contributed by atoms with Crippen LogP contribution in [0.2, 0.25) is 0 Å². The lowest BCUT2D eigenvalue weighted by molar-refractivity contribution is -0.127. The van der Waals surface area contributed by atoms with Crippen LogP contribution >= 0.6 is 0 Å². The van der Waals surface area contributed by atoms with Gasteiger partial charge in [0.05, 0.1) is 25.0 Å². The van der Waals surface area contributed by atoms with Gasteiger partial charge in [-0.1, -0.05) is 24.3 Å². The van der Waals surface area contributed by atoms with Crippen molar-refractivity contribution in [3.8, 4) is 11.5 Å². The van der Waals surface area contributed by atoms with Crippen LogP contribution in [0.1, 0.15) is 11.1 Å². The zero-order chi connectivity index (χ0) is 20.3. The Morgan fingerprint density at radius 2 is 2.00 bits per heavy atom. The Bertz CT molecular complexity index is 974. The minimum atomic E-state index is -3.53. The molecule has 0 saturated heterocycles. The predicted octanol–water partition coefficient (Wildman–Crippen LogP) is 2.03. The third kappa shape index (κ3) is 4.56. The molecule has 0 unspecified atom stereocenters. The number of anilines is 1. The lowest BCUT2D eigenvalue weighted by Crippen LogP contribution is -2.51. The molecule has 1 amide bonds. The van der Waals surface area contributed by atoms with Crippen molar-refractivity contribution in [2.45, 2.75) is 20.0 Å². The molecule has 1 atom stereocenters. The van der Waals surface area contributed by atoms with E-state index >= 15 is 0 Å². The monoisotopic (exact) mass is 404 g/mol. The van der Waals surface area contributed by atoms with E-state index in [4.69, 9.17) is 9.47 Å². The molecule has 0 radical (unpaired) electrons. The van der Waals surface area contributed by atoms with Gasteiger partial charge >= 0.3 is 0 Å². The molecule has 1 heterocycles. The largest absolute Gasteiger partial charge is 0.491 e. The molecule has 1 aliphatic heterocycles. The highest BCUT2D eigenvalue weighted by Crippen LogP contribution is 2.34. The number of hydrogen-bond acceptors (Lipinski definition) is 5. The van der Waals surface area contributed by atoms with E-state index in [1.165, 1.54) is 4.31 Å². The summed E-state index contributed by atoms with van der Waals surface area (Å²) in [6, 6.07) is 12.7. The van der Waals surface area contributed by atoms with Gasteiger partial charge in [0.1, 0.15) is 18.1 Å². The second-order valence-corrected chi connectivity index (χ2v) is 8.68. The number of sulfonamides is 1. The number of nitrogens with zero attached hydrogens (tertiary/aromatic N) is 1. The molecule has 0 aliphatic carbocycles. The van der Waals surface area contributed by atoms with Gasteiger partial charge in [0.15, 0.2) is 6.10 Å². The number of amides is 1. The molecule has 1 N–H and O–H groups in total. The molecule has 8 heteroatoms. The van der Waals surface area contributed by atoms with Crippen LogP contribution in [0.5, 0.6) is 11.5 Å². The van der Waals surface area contributed by atoms with Crippen molar-refractivity contribution in [3.63, 3.8) is 0 Å². The first-order valence-electron chi connectivity index (χ1n) is 8.97. The average molecular weight is 404 g/mol. The summed E-state index contributed by atoms with van der Waals surface area (Å²) in [4.78, 5) is 12.5. The third-order valence-corrected chi connectivity index (χ3v) is 5.58. The van der Waals surface area contributed by atoms with Crippen molar-refractivity contribution in [1.29, 1.82) is 0 Å². The first-order valence-corrected chi connectivity index (χ1v) is 10.8. The van der Waals surface area contributed by atoms with Gasteiger partial charge in [0.2, 0.25) is 10.0 Å². The summed E-state index contributed by atoms with van der Waals surface area (Å²) in [5, 5.41) is 2.75.